The molecule has 0 spiro atoms. The number of halogens is 1. The van der Waals surface area contributed by atoms with Gasteiger partial charge in [0.25, 0.3) is 0 Å². The fourth-order valence-corrected chi connectivity index (χ4v) is 2.82. The van der Waals surface area contributed by atoms with Crippen molar-refractivity contribution in [3.8, 4) is 5.75 Å². The minimum Gasteiger partial charge on any atom is -0.485 e. The van der Waals surface area contributed by atoms with E-state index >= 15 is 0 Å². The molecule has 1 aliphatic carbocycles. The third-order valence-electron chi connectivity index (χ3n) is 3.59. The van der Waals surface area contributed by atoms with Gasteiger partial charge in [-0.1, -0.05) is 24.3 Å². The quantitative estimate of drug-likeness (QED) is 0.779. The number of fused-ring (bicyclic) bond motifs is 1. The van der Waals surface area contributed by atoms with Gasteiger partial charge in [-0.05, 0) is 36.5 Å². The molecule has 3 heteroatoms. The first-order chi connectivity index (χ1) is 9.38. The van der Waals surface area contributed by atoms with Gasteiger partial charge in [-0.3, -0.25) is 4.98 Å². The van der Waals surface area contributed by atoms with Crippen LogP contribution in [0.15, 0.2) is 42.7 Å². The van der Waals surface area contributed by atoms with Gasteiger partial charge in [0.05, 0.1) is 5.88 Å². The summed E-state index contributed by atoms with van der Waals surface area (Å²) in [5, 5.41) is 0. The molecule has 1 unspecified atom stereocenters. The van der Waals surface area contributed by atoms with E-state index in [-0.39, 0.29) is 6.10 Å². The number of pyridine rings is 1. The van der Waals surface area contributed by atoms with Gasteiger partial charge >= 0.3 is 0 Å². The van der Waals surface area contributed by atoms with Gasteiger partial charge in [0.15, 0.2) is 0 Å². The maximum atomic E-state index is 6.18. The summed E-state index contributed by atoms with van der Waals surface area (Å²) >= 11 is 5.93. The van der Waals surface area contributed by atoms with Crippen molar-refractivity contribution >= 4 is 11.6 Å². The predicted molar refractivity (Wildman–Crippen MR) is 76.5 cm³/mol. The minimum absolute atomic E-state index is 0.134. The average Bonchev–Trinajstić information content (AvgIpc) is 2.48. The summed E-state index contributed by atoms with van der Waals surface area (Å²) in [6.45, 7) is 0. The van der Waals surface area contributed by atoms with Crippen LogP contribution in [0.3, 0.4) is 0 Å². The van der Waals surface area contributed by atoms with Crippen LogP contribution in [-0.4, -0.2) is 4.98 Å². The lowest BCUT2D eigenvalue weighted by Gasteiger charge is -2.27. The standard InChI is InChI=1S/C16H16ClNO/c17-10-13-11-18-9-8-15(13)19-16-7-3-5-12-4-1-2-6-14(12)16/h1-2,4,6,8-9,11,16H,3,5,7,10H2. The molecular weight excluding hydrogens is 258 g/mol. The lowest BCUT2D eigenvalue weighted by Crippen LogP contribution is -2.15. The molecule has 0 radical (unpaired) electrons. The molecule has 1 atom stereocenters. The van der Waals surface area contributed by atoms with E-state index in [9.17, 15) is 0 Å². The second-order valence-electron chi connectivity index (χ2n) is 4.81. The molecule has 0 N–H and O–H groups in total. The molecular formula is C16H16ClNO. The van der Waals surface area contributed by atoms with Crippen LogP contribution in [0.1, 0.15) is 35.6 Å². The highest BCUT2D eigenvalue weighted by Crippen LogP contribution is 2.34. The molecule has 0 aliphatic heterocycles. The first-order valence-corrected chi connectivity index (χ1v) is 7.15. The van der Waals surface area contributed by atoms with Gasteiger partial charge < -0.3 is 4.74 Å². The van der Waals surface area contributed by atoms with Crippen molar-refractivity contribution in [2.45, 2.75) is 31.2 Å². The third-order valence-corrected chi connectivity index (χ3v) is 3.87. The molecule has 0 bridgehead atoms. The summed E-state index contributed by atoms with van der Waals surface area (Å²) in [7, 11) is 0. The van der Waals surface area contributed by atoms with E-state index in [0.717, 1.165) is 24.2 Å². The summed E-state index contributed by atoms with van der Waals surface area (Å²) in [4.78, 5) is 4.09. The number of benzene rings is 1. The van der Waals surface area contributed by atoms with E-state index in [4.69, 9.17) is 16.3 Å². The van der Waals surface area contributed by atoms with Gasteiger partial charge in [-0.25, -0.2) is 0 Å². The van der Waals surface area contributed by atoms with Gasteiger partial charge in [-0.15, -0.1) is 11.6 Å². The van der Waals surface area contributed by atoms with E-state index in [1.165, 1.54) is 17.5 Å². The molecule has 1 aromatic carbocycles. The average molecular weight is 274 g/mol. The Kier molecular flexibility index (Phi) is 3.69. The lowest BCUT2D eigenvalue weighted by atomic mass is 9.89. The Morgan fingerprint density at radius 3 is 3.05 bits per heavy atom. The lowest BCUT2D eigenvalue weighted by molar-refractivity contribution is 0.182. The van der Waals surface area contributed by atoms with E-state index in [1.54, 1.807) is 12.4 Å². The Morgan fingerprint density at radius 1 is 1.26 bits per heavy atom. The van der Waals surface area contributed by atoms with E-state index < -0.39 is 0 Å². The first-order valence-electron chi connectivity index (χ1n) is 6.62. The summed E-state index contributed by atoms with van der Waals surface area (Å²) in [5.41, 5.74) is 3.67. The van der Waals surface area contributed by atoms with E-state index in [0.29, 0.717) is 5.88 Å². The van der Waals surface area contributed by atoms with E-state index in [2.05, 4.69) is 29.2 Å². The second kappa shape index (κ2) is 5.62. The highest BCUT2D eigenvalue weighted by molar-refractivity contribution is 6.17. The molecule has 0 fully saturated rings. The molecule has 19 heavy (non-hydrogen) atoms. The van der Waals surface area contributed by atoms with Crippen LogP contribution < -0.4 is 4.74 Å². The number of hydrogen-bond acceptors (Lipinski definition) is 2. The number of hydrogen-bond donors (Lipinski definition) is 0. The summed E-state index contributed by atoms with van der Waals surface area (Å²) in [6.07, 6.45) is 7.03. The molecule has 0 saturated heterocycles. The van der Waals surface area contributed by atoms with Crippen molar-refractivity contribution in [2.75, 3.05) is 0 Å². The minimum atomic E-state index is 0.134. The second-order valence-corrected chi connectivity index (χ2v) is 5.08. The number of nitrogens with zero attached hydrogens (tertiary/aromatic N) is 1. The zero-order valence-corrected chi connectivity index (χ0v) is 11.4. The Balaban J connectivity index is 1.88. The van der Waals surface area contributed by atoms with Crippen LogP contribution in [-0.2, 0) is 12.3 Å². The molecule has 98 valence electrons. The van der Waals surface area contributed by atoms with Crippen molar-refractivity contribution in [3.63, 3.8) is 0 Å². The molecule has 2 aromatic rings. The highest BCUT2D eigenvalue weighted by Gasteiger charge is 2.21. The van der Waals surface area contributed by atoms with Crippen molar-refractivity contribution in [3.05, 3.63) is 59.4 Å². The molecule has 1 heterocycles. The fourth-order valence-electron chi connectivity index (χ4n) is 2.61. The number of rotatable bonds is 3. The summed E-state index contributed by atoms with van der Waals surface area (Å²) in [6, 6.07) is 10.4. The Morgan fingerprint density at radius 2 is 2.16 bits per heavy atom. The van der Waals surface area contributed by atoms with Crippen molar-refractivity contribution in [1.29, 1.82) is 0 Å². The Bertz CT molecular complexity index is 570. The number of alkyl halides is 1. The van der Waals surface area contributed by atoms with Crippen molar-refractivity contribution in [2.24, 2.45) is 0 Å². The zero-order chi connectivity index (χ0) is 13.1. The maximum absolute atomic E-state index is 6.18. The van der Waals surface area contributed by atoms with Crippen LogP contribution in [0.5, 0.6) is 5.75 Å². The van der Waals surface area contributed by atoms with Gasteiger partial charge in [0.1, 0.15) is 11.9 Å². The smallest absolute Gasteiger partial charge is 0.127 e. The summed E-state index contributed by atoms with van der Waals surface area (Å²) < 4.78 is 6.18. The SMILES string of the molecule is ClCc1cnccc1OC1CCCc2ccccc21. The largest absolute Gasteiger partial charge is 0.485 e. The van der Waals surface area contributed by atoms with Gasteiger partial charge in [0, 0.05) is 18.0 Å². The van der Waals surface area contributed by atoms with E-state index in [1.807, 2.05) is 6.07 Å². The first kappa shape index (κ1) is 12.5. The predicted octanol–water partition coefficient (Wildman–Crippen LogP) is 4.28. The highest BCUT2D eigenvalue weighted by atomic mass is 35.5. The third kappa shape index (κ3) is 2.59. The normalized spacial score (nSPS) is 17.8. The fraction of sp³-hybridized carbons (Fsp3) is 0.312. The van der Waals surface area contributed by atoms with Crippen molar-refractivity contribution < 1.29 is 4.74 Å². The van der Waals surface area contributed by atoms with Crippen LogP contribution in [0, 0.1) is 0 Å². The molecule has 3 rings (SSSR count). The van der Waals surface area contributed by atoms with Crippen LogP contribution in [0.2, 0.25) is 0 Å². The summed E-state index contributed by atoms with van der Waals surface area (Å²) in [5.74, 6) is 1.28. The molecule has 0 saturated carbocycles. The van der Waals surface area contributed by atoms with Crippen molar-refractivity contribution in [1.82, 2.24) is 4.98 Å². The van der Waals surface area contributed by atoms with Crippen LogP contribution in [0.4, 0.5) is 0 Å². The zero-order valence-electron chi connectivity index (χ0n) is 10.7. The Labute approximate surface area is 118 Å². The molecule has 2 nitrogen and oxygen atoms in total. The maximum Gasteiger partial charge on any atom is 0.127 e. The number of aromatic nitrogens is 1. The topological polar surface area (TPSA) is 22.1 Å². The Hall–Kier alpha value is -1.54. The van der Waals surface area contributed by atoms with Gasteiger partial charge in [-0.2, -0.15) is 0 Å². The molecule has 1 aromatic heterocycles. The monoisotopic (exact) mass is 273 g/mol. The van der Waals surface area contributed by atoms with Gasteiger partial charge in [0.2, 0.25) is 0 Å². The molecule has 0 amide bonds. The number of aryl methyl sites for hydroxylation is 1. The molecule has 1 aliphatic rings. The van der Waals surface area contributed by atoms with Crippen LogP contribution in [0.25, 0.3) is 0 Å². The number of ether oxygens (including phenoxy) is 1. The van der Waals surface area contributed by atoms with Crippen LogP contribution >= 0.6 is 11.6 Å².